The minimum absolute atomic E-state index is 0.111. The number of carboxylic acids is 1. The number of carboxylic acid groups (broad SMARTS) is 1. The molecule has 7 nitrogen and oxygen atoms in total. The van der Waals surface area contributed by atoms with Crippen LogP contribution in [0.4, 0.5) is 5.69 Å². The van der Waals surface area contributed by atoms with Gasteiger partial charge in [0.15, 0.2) is 0 Å². The van der Waals surface area contributed by atoms with Crippen LogP contribution in [0.5, 0.6) is 0 Å². The Morgan fingerprint density at radius 2 is 2.17 bits per heavy atom. The number of aliphatic carboxylic acids is 1. The molecule has 0 aromatic heterocycles. The minimum Gasteiger partial charge on any atom is -0.481 e. The summed E-state index contributed by atoms with van der Waals surface area (Å²) in [6, 6.07) is 4.90. The second kappa shape index (κ2) is 8.67. The molecule has 1 unspecified atom stereocenters. The van der Waals surface area contributed by atoms with Crippen LogP contribution in [-0.4, -0.2) is 46.9 Å². The van der Waals surface area contributed by atoms with Gasteiger partial charge in [-0.15, -0.1) is 0 Å². The fraction of sp³-hybridized carbons (Fsp3) is 0.375. The predicted molar refractivity (Wildman–Crippen MR) is 90.5 cm³/mol. The Hall–Kier alpha value is -2.70. The summed E-state index contributed by atoms with van der Waals surface area (Å²) in [5, 5.41) is 19.7. The maximum absolute atomic E-state index is 12.8. The Morgan fingerprint density at radius 1 is 1.48 bits per heavy atom. The molecule has 0 radical (unpaired) electrons. The molecule has 124 valence electrons. The summed E-state index contributed by atoms with van der Waals surface area (Å²) in [7, 11) is 0. The molecule has 0 aliphatic carbocycles. The van der Waals surface area contributed by atoms with Crippen molar-refractivity contribution in [3.05, 3.63) is 29.3 Å². The third-order valence-corrected chi connectivity index (χ3v) is 3.34. The number of anilines is 1. The van der Waals surface area contributed by atoms with Crippen LogP contribution in [0, 0.1) is 12.3 Å². The lowest BCUT2D eigenvalue weighted by atomic mass is 10.1. The second-order valence-corrected chi connectivity index (χ2v) is 5.14. The topological polar surface area (TPSA) is 106 Å². The van der Waals surface area contributed by atoms with E-state index in [0.29, 0.717) is 17.8 Å². The average Bonchev–Trinajstić information content (AvgIpc) is 2.48. The molecule has 0 spiro atoms. The van der Waals surface area contributed by atoms with E-state index < -0.39 is 12.0 Å². The molecule has 0 saturated carbocycles. The number of carbonyl (C=O) groups is 2. The first kappa shape index (κ1) is 18.3. The van der Waals surface area contributed by atoms with Crippen LogP contribution in [0.2, 0.25) is 0 Å². The molecule has 0 aliphatic rings. The number of rotatable bonds is 8. The molecule has 1 aromatic rings. The average molecular weight is 318 g/mol. The van der Waals surface area contributed by atoms with E-state index in [4.69, 9.17) is 10.5 Å². The summed E-state index contributed by atoms with van der Waals surface area (Å²) in [5.74, 6) is -1.19. The third kappa shape index (κ3) is 5.21. The molecule has 1 amide bonds. The van der Waals surface area contributed by atoms with Crippen molar-refractivity contribution in [2.24, 2.45) is 5.10 Å². The Bertz CT molecular complexity index is 613. The zero-order valence-corrected chi connectivity index (χ0v) is 13.5. The van der Waals surface area contributed by atoms with Crippen molar-refractivity contribution < 1.29 is 14.7 Å². The largest absolute Gasteiger partial charge is 0.481 e. The molecule has 1 atom stereocenters. The zero-order chi connectivity index (χ0) is 17.4. The van der Waals surface area contributed by atoms with Crippen molar-refractivity contribution in [3.63, 3.8) is 0 Å². The van der Waals surface area contributed by atoms with E-state index in [1.165, 1.54) is 11.1 Å². The van der Waals surface area contributed by atoms with Crippen LogP contribution < -0.4 is 5.43 Å². The second-order valence-electron chi connectivity index (χ2n) is 5.14. The molecule has 0 aliphatic heterocycles. The number of amides is 1. The van der Waals surface area contributed by atoms with Crippen LogP contribution in [0.25, 0.3) is 0 Å². The van der Waals surface area contributed by atoms with Gasteiger partial charge in [0.05, 0.1) is 23.9 Å². The van der Waals surface area contributed by atoms with Gasteiger partial charge in [0.2, 0.25) is 0 Å². The standard InChI is InChI=1S/C16H22N4O3/c1-4-20(12(3)10-15(21)22)16(23)13-9-11(2)5-6-14(13)19-18-8-7-17/h5-9,12,17,19H,4,10H2,1-3H3,(H,21,22). The van der Waals surface area contributed by atoms with Crippen LogP contribution in [0.15, 0.2) is 23.3 Å². The zero-order valence-electron chi connectivity index (χ0n) is 13.5. The maximum atomic E-state index is 12.8. The molecule has 0 bridgehead atoms. The Kier molecular flexibility index (Phi) is 6.92. The van der Waals surface area contributed by atoms with Gasteiger partial charge in [-0.05, 0) is 32.9 Å². The van der Waals surface area contributed by atoms with Gasteiger partial charge >= 0.3 is 5.97 Å². The number of nitrogens with one attached hydrogen (secondary N) is 2. The number of nitrogens with zero attached hydrogens (tertiary/aromatic N) is 2. The molecule has 1 rings (SSSR count). The highest BCUT2D eigenvalue weighted by molar-refractivity contribution is 6.14. The minimum atomic E-state index is -0.943. The molecule has 0 heterocycles. The van der Waals surface area contributed by atoms with Gasteiger partial charge in [0, 0.05) is 18.8 Å². The van der Waals surface area contributed by atoms with E-state index in [1.807, 2.05) is 19.9 Å². The highest BCUT2D eigenvalue weighted by Crippen LogP contribution is 2.21. The fourth-order valence-corrected chi connectivity index (χ4v) is 2.25. The predicted octanol–water partition coefficient (Wildman–Crippen LogP) is 2.37. The van der Waals surface area contributed by atoms with Crippen molar-refractivity contribution in [3.8, 4) is 0 Å². The number of carbonyl (C=O) groups excluding carboxylic acids is 1. The maximum Gasteiger partial charge on any atom is 0.305 e. The number of aryl methyl sites for hydroxylation is 1. The van der Waals surface area contributed by atoms with Crippen molar-refractivity contribution in [1.29, 1.82) is 5.41 Å². The van der Waals surface area contributed by atoms with E-state index >= 15 is 0 Å². The molecule has 0 fully saturated rings. The van der Waals surface area contributed by atoms with Gasteiger partial charge in [0.25, 0.3) is 5.91 Å². The molecular weight excluding hydrogens is 296 g/mol. The molecule has 3 N–H and O–H groups in total. The van der Waals surface area contributed by atoms with E-state index in [0.717, 1.165) is 11.8 Å². The number of hydrogen-bond donors (Lipinski definition) is 3. The highest BCUT2D eigenvalue weighted by atomic mass is 16.4. The normalized spacial score (nSPS) is 12.0. The van der Waals surface area contributed by atoms with Gasteiger partial charge in [-0.2, -0.15) is 5.10 Å². The van der Waals surface area contributed by atoms with Gasteiger partial charge in [-0.1, -0.05) is 11.6 Å². The summed E-state index contributed by atoms with van der Waals surface area (Å²) in [6.45, 7) is 5.81. The first-order valence-corrected chi connectivity index (χ1v) is 7.32. The van der Waals surface area contributed by atoms with Crippen molar-refractivity contribution in [2.75, 3.05) is 12.0 Å². The van der Waals surface area contributed by atoms with E-state index in [1.54, 1.807) is 19.1 Å². The molecule has 0 saturated heterocycles. The molecular formula is C16H22N4O3. The van der Waals surface area contributed by atoms with E-state index in [-0.39, 0.29) is 12.3 Å². The van der Waals surface area contributed by atoms with Gasteiger partial charge in [-0.25, -0.2) is 0 Å². The van der Waals surface area contributed by atoms with Gasteiger partial charge in [-0.3, -0.25) is 15.0 Å². The number of benzene rings is 1. The van der Waals surface area contributed by atoms with E-state index in [2.05, 4.69) is 10.5 Å². The summed E-state index contributed by atoms with van der Waals surface area (Å²) < 4.78 is 0. The highest BCUT2D eigenvalue weighted by Gasteiger charge is 2.24. The summed E-state index contributed by atoms with van der Waals surface area (Å²) in [6.07, 6.45) is 2.18. The van der Waals surface area contributed by atoms with Crippen LogP contribution in [0.1, 0.15) is 36.2 Å². The van der Waals surface area contributed by atoms with Crippen LogP contribution in [-0.2, 0) is 4.79 Å². The monoisotopic (exact) mass is 318 g/mol. The van der Waals surface area contributed by atoms with Crippen molar-refractivity contribution in [2.45, 2.75) is 33.2 Å². The first-order chi connectivity index (χ1) is 10.9. The third-order valence-electron chi connectivity index (χ3n) is 3.34. The first-order valence-electron chi connectivity index (χ1n) is 7.32. The number of hydrazone groups is 1. The van der Waals surface area contributed by atoms with Crippen LogP contribution >= 0.6 is 0 Å². The van der Waals surface area contributed by atoms with Crippen molar-refractivity contribution >= 4 is 30.0 Å². The van der Waals surface area contributed by atoms with Crippen LogP contribution in [0.3, 0.4) is 0 Å². The quantitative estimate of drug-likeness (QED) is 0.505. The molecule has 1 aromatic carbocycles. The lowest BCUT2D eigenvalue weighted by molar-refractivity contribution is -0.138. The SMILES string of the molecule is CCN(C(=O)c1cc(C)ccc1NN=CC=N)C(C)CC(=O)O. The molecule has 23 heavy (non-hydrogen) atoms. The van der Waals surface area contributed by atoms with Crippen molar-refractivity contribution in [1.82, 2.24) is 4.90 Å². The Balaban J connectivity index is 3.12. The summed E-state index contributed by atoms with van der Waals surface area (Å²) in [5.41, 5.74) is 4.59. The van der Waals surface area contributed by atoms with Gasteiger partial charge < -0.3 is 15.4 Å². The Labute approximate surface area is 135 Å². The molecule has 7 heteroatoms. The number of hydrogen-bond acceptors (Lipinski definition) is 5. The van der Waals surface area contributed by atoms with E-state index in [9.17, 15) is 9.59 Å². The lowest BCUT2D eigenvalue weighted by Gasteiger charge is -2.28. The van der Waals surface area contributed by atoms with Gasteiger partial charge in [0.1, 0.15) is 0 Å². The smallest absolute Gasteiger partial charge is 0.305 e. The summed E-state index contributed by atoms with van der Waals surface area (Å²) >= 11 is 0. The lowest BCUT2D eigenvalue weighted by Crippen LogP contribution is -2.40. The fourth-order valence-electron chi connectivity index (χ4n) is 2.25. The Morgan fingerprint density at radius 3 is 2.74 bits per heavy atom. The summed E-state index contributed by atoms with van der Waals surface area (Å²) in [4.78, 5) is 25.2.